The number of amides is 1. The van der Waals surface area contributed by atoms with E-state index < -0.39 is 17.7 Å². The fraction of sp³-hybridized carbons (Fsp3) is 0.381. The van der Waals surface area contributed by atoms with Gasteiger partial charge in [-0.05, 0) is 55.4 Å². The van der Waals surface area contributed by atoms with E-state index in [1.807, 2.05) is 18.2 Å². The normalized spacial score (nSPS) is 16.5. The van der Waals surface area contributed by atoms with Crippen molar-refractivity contribution in [2.24, 2.45) is 5.92 Å². The molecule has 0 radical (unpaired) electrons. The Balaban J connectivity index is 1.50. The smallest absolute Gasteiger partial charge is 0.253 e. The standard InChI is InChI=1S/C21H23F2NO2/c22-18-8-7-17(14-19(18)23)21(26)24-12-10-16(11-13-24)20(25)9-6-15-4-2-1-3-5-15/h1-5,7-8,14,16,20,25H,6,9-13H2/t20-/m0/s1. The number of aryl methyl sites for hydroxylation is 1. The van der Waals surface area contributed by atoms with Gasteiger partial charge in [0, 0.05) is 18.7 Å². The lowest BCUT2D eigenvalue weighted by Crippen LogP contribution is -2.41. The van der Waals surface area contributed by atoms with Crippen LogP contribution in [0.4, 0.5) is 8.78 Å². The van der Waals surface area contributed by atoms with E-state index in [9.17, 15) is 18.7 Å². The first kappa shape index (κ1) is 18.5. The van der Waals surface area contributed by atoms with E-state index in [2.05, 4.69) is 12.1 Å². The first-order valence-electron chi connectivity index (χ1n) is 9.01. The van der Waals surface area contributed by atoms with Crippen molar-refractivity contribution in [3.63, 3.8) is 0 Å². The quantitative estimate of drug-likeness (QED) is 0.882. The molecule has 0 spiro atoms. The van der Waals surface area contributed by atoms with E-state index in [0.717, 1.165) is 18.6 Å². The second-order valence-electron chi connectivity index (χ2n) is 6.85. The van der Waals surface area contributed by atoms with E-state index in [1.54, 1.807) is 4.90 Å². The summed E-state index contributed by atoms with van der Waals surface area (Å²) in [6, 6.07) is 13.3. The lowest BCUT2D eigenvalue weighted by molar-refractivity contribution is 0.0436. The fourth-order valence-electron chi connectivity index (χ4n) is 3.49. The summed E-state index contributed by atoms with van der Waals surface area (Å²) in [4.78, 5) is 14.1. The summed E-state index contributed by atoms with van der Waals surface area (Å²) >= 11 is 0. The minimum absolute atomic E-state index is 0.159. The Morgan fingerprint density at radius 3 is 2.42 bits per heavy atom. The number of aliphatic hydroxyl groups excluding tert-OH is 1. The minimum atomic E-state index is -1.01. The van der Waals surface area contributed by atoms with Crippen molar-refractivity contribution in [1.29, 1.82) is 0 Å². The van der Waals surface area contributed by atoms with Crippen molar-refractivity contribution >= 4 is 5.91 Å². The second-order valence-corrected chi connectivity index (χ2v) is 6.85. The Labute approximate surface area is 152 Å². The molecule has 2 aromatic rings. The van der Waals surface area contributed by atoms with Crippen LogP contribution in [0, 0.1) is 17.6 Å². The number of benzene rings is 2. The highest BCUT2D eigenvalue weighted by molar-refractivity contribution is 5.94. The summed E-state index contributed by atoms with van der Waals surface area (Å²) < 4.78 is 26.3. The van der Waals surface area contributed by atoms with Gasteiger partial charge in [-0.1, -0.05) is 30.3 Å². The van der Waals surface area contributed by atoms with Gasteiger partial charge in [0.15, 0.2) is 11.6 Å². The van der Waals surface area contributed by atoms with Gasteiger partial charge in [-0.3, -0.25) is 4.79 Å². The molecule has 0 saturated carbocycles. The zero-order valence-electron chi connectivity index (χ0n) is 14.6. The molecule has 0 aliphatic carbocycles. The Kier molecular flexibility index (Phi) is 5.99. The van der Waals surface area contributed by atoms with Crippen LogP contribution in [0.25, 0.3) is 0 Å². The van der Waals surface area contributed by atoms with Gasteiger partial charge in [0.1, 0.15) is 0 Å². The second kappa shape index (κ2) is 8.41. The molecule has 26 heavy (non-hydrogen) atoms. The third kappa shape index (κ3) is 4.47. The predicted molar refractivity (Wildman–Crippen MR) is 95.8 cm³/mol. The fourth-order valence-corrected chi connectivity index (χ4v) is 3.49. The maximum atomic E-state index is 13.3. The molecule has 1 heterocycles. The predicted octanol–water partition coefficient (Wildman–Crippen LogP) is 3.81. The zero-order chi connectivity index (χ0) is 18.5. The van der Waals surface area contributed by atoms with E-state index in [0.29, 0.717) is 32.4 Å². The average Bonchev–Trinajstić information content (AvgIpc) is 2.68. The number of rotatable bonds is 5. The van der Waals surface area contributed by atoms with Gasteiger partial charge in [0.2, 0.25) is 0 Å². The van der Waals surface area contributed by atoms with Crippen molar-refractivity contribution in [3.8, 4) is 0 Å². The van der Waals surface area contributed by atoms with Crippen LogP contribution in [0.5, 0.6) is 0 Å². The number of hydrogen-bond acceptors (Lipinski definition) is 2. The molecule has 1 atom stereocenters. The number of piperidine rings is 1. The van der Waals surface area contributed by atoms with Crippen molar-refractivity contribution < 1.29 is 18.7 Å². The van der Waals surface area contributed by atoms with Crippen LogP contribution < -0.4 is 0 Å². The first-order valence-corrected chi connectivity index (χ1v) is 9.01. The number of nitrogens with zero attached hydrogens (tertiary/aromatic N) is 1. The Hall–Kier alpha value is -2.27. The summed E-state index contributed by atoms with van der Waals surface area (Å²) in [6.45, 7) is 1.04. The van der Waals surface area contributed by atoms with Gasteiger partial charge < -0.3 is 10.0 Å². The molecule has 1 N–H and O–H groups in total. The van der Waals surface area contributed by atoms with Gasteiger partial charge in [-0.2, -0.15) is 0 Å². The Bertz CT molecular complexity index is 743. The SMILES string of the molecule is O=C(c1ccc(F)c(F)c1)N1CCC([C@@H](O)CCc2ccccc2)CC1. The summed E-state index contributed by atoms with van der Waals surface area (Å²) in [5.41, 5.74) is 1.37. The number of carbonyl (C=O) groups is 1. The molecule has 1 aliphatic rings. The largest absolute Gasteiger partial charge is 0.393 e. The summed E-state index contributed by atoms with van der Waals surface area (Å²) in [6.07, 6.45) is 2.56. The van der Waals surface area contributed by atoms with Crippen LogP contribution in [-0.4, -0.2) is 35.1 Å². The van der Waals surface area contributed by atoms with Gasteiger partial charge in [-0.25, -0.2) is 8.78 Å². The summed E-state index contributed by atoms with van der Waals surface area (Å²) in [5.74, 6) is -2.10. The maximum absolute atomic E-state index is 13.3. The van der Waals surface area contributed by atoms with Gasteiger partial charge >= 0.3 is 0 Å². The number of carbonyl (C=O) groups excluding carboxylic acids is 1. The molecular weight excluding hydrogens is 336 g/mol. The van der Waals surface area contributed by atoms with Crippen LogP contribution in [0.1, 0.15) is 35.2 Å². The molecule has 0 bridgehead atoms. The van der Waals surface area contributed by atoms with Gasteiger partial charge in [0.25, 0.3) is 5.91 Å². The minimum Gasteiger partial charge on any atom is -0.393 e. The molecular formula is C21H23F2NO2. The topological polar surface area (TPSA) is 40.5 Å². The summed E-state index contributed by atoms with van der Waals surface area (Å²) in [7, 11) is 0. The molecule has 3 nitrogen and oxygen atoms in total. The average molecular weight is 359 g/mol. The number of aliphatic hydroxyl groups is 1. The number of halogens is 2. The summed E-state index contributed by atoms with van der Waals surface area (Å²) in [5, 5.41) is 10.4. The van der Waals surface area contributed by atoms with Crippen molar-refractivity contribution in [2.75, 3.05) is 13.1 Å². The van der Waals surface area contributed by atoms with Crippen LogP contribution in [0.2, 0.25) is 0 Å². The molecule has 1 fully saturated rings. The molecule has 0 unspecified atom stereocenters. The van der Waals surface area contributed by atoms with Crippen LogP contribution in [0.15, 0.2) is 48.5 Å². The highest BCUT2D eigenvalue weighted by atomic mass is 19.2. The first-order chi connectivity index (χ1) is 12.5. The lowest BCUT2D eigenvalue weighted by atomic mass is 9.88. The number of hydrogen-bond donors (Lipinski definition) is 1. The van der Waals surface area contributed by atoms with Crippen molar-refractivity contribution in [2.45, 2.75) is 31.8 Å². The molecule has 1 saturated heterocycles. The molecule has 2 aromatic carbocycles. The lowest BCUT2D eigenvalue weighted by Gasteiger charge is -2.34. The van der Waals surface area contributed by atoms with Gasteiger partial charge in [0.05, 0.1) is 6.10 Å². The number of likely N-dealkylation sites (tertiary alicyclic amines) is 1. The van der Waals surface area contributed by atoms with Crippen molar-refractivity contribution in [3.05, 3.63) is 71.3 Å². The van der Waals surface area contributed by atoms with E-state index in [1.165, 1.54) is 11.6 Å². The highest BCUT2D eigenvalue weighted by Gasteiger charge is 2.28. The van der Waals surface area contributed by atoms with E-state index >= 15 is 0 Å². The van der Waals surface area contributed by atoms with Crippen molar-refractivity contribution in [1.82, 2.24) is 4.90 Å². The molecule has 1 aliphatic heterocycles. The third-order valence-corrected chi connectivity index (χ3v) is 5.11. The van der Waals surface area contributed by atoms with Crippen LogP contribution in [0.3, 0.4) is 0 Å². The Morgan fingerprint density at radius 2 is 1.77 bits per heavy atom. The highest BCUT2D eigenvalue weighted by Crippen LogP contribution is 2.25. The van der Waals surface area contributed by atoms with E-state index in [4.69, 9.17) is 0 Å². The Morgan fingerprint density at radius 1 is 1.08 bits per heavy atom. The molecule has 138 valence electrons. The molecule has 0 aromatic heterocycles. The monoisotopic (exact) mass is 359 g/mol. The molecule has 3 rings (SSSR count). The van der Waals surface area contributed by atoms with Crippen LogP contribution in [-0.2, 0) is 6.42 Å². The third-order valence-electron chi connectivity index (χ3n) is 5.11. The zero-order valence-corrected chi connectivity index (χ0v) is 14.6. The van der Waals surface area contributed by atoms with E-state index in [-0.39, 0.29) is 17.4 Å². The van der Waals surface area contributed by atoms with Crippen LogP contribution >= 0.6 is 0 Å². The maximum Gasteiger partial charge on any atom is 0.253 e. The molecule has 5 heteroatoms. The van der Waals surface area contributed by atoms with Gasteiger partial charge in [-0.15, -0.1) is 0 Å². The molecule has 1 amide bonds.